The quantitative estimate of drug-likeness (QED) is 0.405. The monoisotopic (exact) mass is 498 g/mol. The maximum Gasteiger partial charge on any atom is 0.264 e. The van der Waals surface area contributed by atoms with Gasteiger partial charge in [-0.3, -0.25) is 9.10 Å². The van der Waals surface area contributed by atoms with Crippen molar-refractivity contribution in [2.75, 3.05) is 38.2 Å². The average molecular weight is 499 g/mol. The third-order valence-corrected chi connectivity index (χ3v) is 7.28. The van der Waals surface area contributed by atoms with E-state index in [-0.39, 0.29) is 23.8 Å². The summed E-state index contributed by atoms with van der Waals surface area (Å²) >= 11 is 0. The van der Waals surface area contributed by atoms with E-state index in [4.69, 9.17) is 14.2 Å². The van der Waals surface area contributed by atoms with Gasteiger partial charge in [0, 0.05) is 6.07 Å². The molecule has 0 spiro atoms. The molecular formula is C26H30N2O6S. The Balaban J connectivity index is 1.74. The van der Waals surface area contributed by atoms with E-state index >= 15 is 0 Å². The maximum absolute atomic E-state index is 13.5. The molecule has 1 amide bonds. The number of rotatable bonds is 11. The molecular weight excluding hydrogens is 468 g/mol. The lowest BCUT2D eigenvalue weighted by atomic mass is 10.1. The van der Waals surface area contributed by atoms with Crippen LogP contribution >= 0.6 is 0 Å². The molecule has 3 aromatic rings. The number of benzene rings is 3. The van der Waals surface area contributed by atoms with Crippen LogP contribution in [0.4, 0.5) is 5.69 Å². The fourth-order valence-corrected chi connectivity index (χ4v) is 4.87. The van der Waals surface area contributed by atoms with Gasteiger partial charge < -0.3 is 19.5 Å². The molecule has 9 heteroatoms. The standard InChI is InChI=1S/C26H30N2O6S/c1-19-9-8-12-23(20(19)2)34-16-15-27-26(29)18-28(21-10-6-5-7-11-21)35(30,31)22-13-14-24(32-3)25(17-22)33-4/h5-14,17H,15-16,18H2,1-4H3,(H,27,29). The molecule has 0 fully saturated rings. The van der Waals surface area contributed by atoms with E-state index in [0.717, 1.165) is 21.2 Å². The number of sulfonamides is 1. The lowest BCUT2D eigenvalue weighted by Gasteiger charge is -2.24. The van der Waals surface area contributed by atoms with E-state index in [1.807, 2.05) is 32.0 Å². The zero-order valence-electron chi connectivity index (χ0n) is 20.3. The molecule has 0 bridgehead atoms. The average Bonchev–Trinajstić information content (AvgIpc) is 2.87. The fraction of sp³-hybridized carbons (Fsp3) is 0.269. The van der Waals surface area contributed by atoms with Gasteiger partial charge >= 0.3 is 0 Å². The first kappa shape index (κ1) is 25.9. The van der Waals surface area contributed by atoms with Crippen LogP contribution in [-0.2, 0) is 14.8 Å². The zero-order chi connectivity index (χ0) is 25.4. The van der Waals surface area contributed by atoms with Crippen molar-refractivity contribution in [3.05, 3.63) is 77.9 Å². The Morgan fingerprint density at radius 2 is 1.60 bits per heavy atom. The second kappa shape index (κ2) is 11.6. The molecule has 3 aromatic carbocycles. The highest BCUT2D eigenvalue weighted by Crippen LogP contribution is 2.32. The molecule has 0 unspecified atom stereocenters. The Hall–Kier alpha value is -3.72. The molecule has 8 nitrogen and oxygen atoms in total. The molecule has 0 heterocycles. The van der Waals surface area contributed by atoms with Gasteiger partial charge in [-0.1, -0.05) is 30.3 Å². The molecule has 0 radical (unpaired) electrons. The van der Waals surface area contributed by atoms with Crippen molar-refractivity contribution in [2.45, 2.75) is 18.7 Å². The van der Waals surface area contributed by atoms with E-state index in [2.05, 4.69) is 5.32 Å². The largest absolute Gasteiger partial charge is 0.493 e. The molecule has 0 aromatic heterocycles. The van der Waals surface area contributed by atoms with Crippen molar-refractivity contribution in [3.63, 3.8) is 0 Å². The van der Waals surface area contributed by atoms with Crippen LogP contribution in [0.25, 0.3) is 0 Å². The zero-order valence-corrected chi connectivity index (χ0v) is 21.1. The number of para-hydroxylation sites is 1. The van der Waals surface area contributed by atoms with E-state index in [9.17, 15) is 13.2 Å². The number of methoxy groups -OCH3 is 2. The van der Waals surface area contributed by atoms with E-state index < -0.39 is 22.5 Å². The van der Waals surface area contributed by atoms with E-state index in [1.54, 1.807) is 30.3 Å². The van der Waals surface area contributed by atoms with Gasteiger partial charge in [0.15, 0.2) is 11.5 Å². The highest BCUT2D eigenvalue weighted by Gasteiger charge is 2.28. The van der Waals surface area contributed by atoms with Gasteiger partial charge in [-0.15, -0.1) is 0 Å². The van der Waals surface area contributed by atoms with Crippen LogP contribution in [0.1, 0.15) is 11.1 Å². The summed E-state index contributed by atoms with van der Waals surface area (Å²) in [4.78, 5) is 12.7. The molecule has 1 N–H and O–H groups in total. The summed E-state index contributed by atoms with van der Waals surface area (Å²) in [5, 5.41) is 2.74. The van der Waals surface area contributed by atoms with Gasteiger partial charge in [-0.25, -0.2) is 8.42 Å². The van der Waals surface area contributed by atoms with Crippen molar-refractivity contribution < 1.29 is 27.4 Å². The van der Waals surface area contributed by atoms with Gasteiger partial charge in [0.2, 0.25) is 5.91 Å². The number of nitrogens with one attached hydrogen (secondary N) is 1. The minimum absolute atomic E-state index is 0.0231. The van der Waals surface area contributed by atoms with Crippen molar-refractivity contribution in [2.24, 2.45) is 0 Å². The Labute approximate surface area is 206 Å². The Morgan fingerprint density at radius 1 is 0.886 bits per heavy atom. The van der Waals surface area contributed by atoms with Crippen LogP contribution in [0.15, 0.2) is 71.6 Å². The number of carbonyl (C=O) groups excluding carboxylic acids is 1. The smallest absolute Gasteiger partial charge is 0.264 e. The minimum Gasteiger partial charge on any atom is -0.493 e. The summed E-state index contributed by atoms with van der Waals surface area (Å²) in [6, 6.07) is 18.6. The highest BCUT2D eigenvalue weighted by atomic mass is 32.2. The van der Waals surface area contributed by atoms with Gasteiger partial charge in [-0.2, -0.15) is 0 Å². The van der Waals surface area contributed by atoms with Crippen molar-refractivity contribution in [1.82, 2.24) is 5.32 Å². The predicted molar refractivity (Wildman–Crippen MR) is 135 cm³/mol. The van der Waals surface area contributed by atoms with Gasteiger partial charge in [-0.05, 0) is 55.3 Å². The number of hydrogen-bond acceptors (Lipinski definition) is 6. The lowest BCUT2D eigenvalue weighted by molar-refractivity contribution is -0.119. The van der Waals surface area contributed by atoms with Crippen molar-refractivity contribution in [3.8, 4) is 17.2 Å². The first-order valence-electron chi connectivity index (χ1n) is 11.0. The van der Waals surface area contributed by atoms with E-state index in [0.29, 0.717) is 11.4 Å². The van der Waals surface area contributed by atoms with Gasteiger partial charge in [0.25, 0.3) is 10.0 Å². The summed E-state index contributed by atoms with van der Waals surface area (Å²) < 4.78 is 44.4. The third-order valence-electron chi connectivity index (χ3n) is 5.51. The minimum atomic E-state index is -4.09. The summed E-state index contributed by atoms with van der Waals surface area (Å²) in [5.41, 5.74) is 2.52. The number of hydrogen-bond donors (Lipinski definition) is 1. The van der Waals surface area contributed by atoms with Crippen molar-refractivity contribution >= 4 is 21.6 Å². The Morgan fingerprint density at radius 3 is 2.29 bits per heavy atom. The third kappa shape index (κ3) is 6.24. The van der Waals surface area contributed by atoms with Crippen LogP contribution in [-0.4, -0.2) is 48.2 Å². The molecule has 0 aliphatic rings. The molecule has 186 valence electrons. The van der Waals surface area contributed by atoms with Crippen LogP contribution < -0.4 is 23.8 Å². The van der Waals surface area contributed by atoms with Crippen LogP contribution in [0, 0.1) is 13.8 Å². The number of ether oxygens (including phenoxy) is 3. The van der Waals surface area contributed by atoms with Gasteiger partial charge in [0.05, 0.1) is 31.3 Å². The predicted octanol–water partition coefficient (Wildman–Crippen LogP) is 3.71. The number of amides is 1. The van der Waals surface area contributed by atoms with Crippen LogP contribution in [0.5, 0.6) is 17.2 Å². The second-order valence-electron chi connectivity index (χ2n) is 7.76. The number of aryl methyl sites for hydroxylation is 1. The summed E-state index contributed by atoms with van der Waals surface area (Å²) in [6.45, 7) is 4.06. The lowest BCUT2D eigenvalue weighted by Crippen LogP contribution is -2.41. The molecule has 0 saturated carbocycles. The van der Waals surface area contributed by atoms with Crippen LogP contribution in [0.2, 0.25) is 0 Å². The SMILES string of the molecule is COc1ccc(S(=O)(=O)N(CC(=O)NCCOc2cccc(C)c2C)c2ccccc2)cc1OC. The first-order chi connectivity index (χ1) is 16.8. The summed E-state index contributed by atoms with van der Waals surface area (Å²) in [7, 11) is -1.19. The number of carbonyl (C=O) groups is 1. The second-order valence-corrected chi connectivity index (χ2v) is 9.62. The molecule has 0 atom stereocenters. The molecule has 0 saturated heterocycles. The Kier molecular flexibility index (Phi) is 8.59. The molecule has 0 aliphatic heterocycles. The summed E-state index contributed by atoms with van der Waals surface area (Å²) in [5.74, 6) is 0.970. The van der Waals surface area contributed by atoms with Crippen molar-refractivity contribution in [1.29, 1.82) is 0 Å². The molecule has 3 rings (SSSR count). The maximum atomic E-state index is 13.5. The van der Waals surface area contributed by atoms with Crippen LogP contribution in [0.3, 0.4) is 0 Å². The highest BCUT2D eigenvalue weighted by molar-refractivity contribution is 7.92. The topological polar surface area (TPSA) is 94.2 Å². The molecule has 0 aliphatic carbocycles. The van der Waals surface area contributed by atoms with Gasteiger partial charge in [0.1, 0.15) is 18.9 Å². The summed E-state index contributed by atoms with van der Waals surface area (Å²) in [6.07, 6.45) is 0. The number of anilines is 1. The fourth-order valence-electron chi connectivity index (χ4n) is 3.43. The molecule has 35 heavy (non-hydrogen) atoms. The normalized spacial score (nSPS) is 11.0. The Bertz CT molecular complexity index is 1260. The first-order valence-corrected chi connectivity index (χ1v) is 12.5. The number of nitrogens with zero attached hydrogens (tertiary/aromatic N) is 1. The van der Waals surface area contributed by atoms with E-state index in [1.165, 1.54) is 32.4 Å².